The van der Waals surface area contributed by atoms with E-state index in [1.807, 2.05) is 0 Å². The van der Waals surface area contributed by atoms with Gasteiger partial charge in [-0.3, -0.25) is 4.79 Å². The number of benzene rings is 1. The van der Waals surface area contributed by atoms with Gasteiger partial charge in [0.2, 0.25) is 15.9 Å². The zero-order valence-electron chi connectivity index (χ0n) is 10.8. The highest BCUT2D eigenvalue weighted by atomic mass is 32.2. The van der Waals surface area contributed by atoms with Crippen LogP contribution in [0.15, 0.2) is 29.2 Å². The van der Waals surface area contributed by atoms with Crippen molar-refractivity contribution >= 4 is 21.6 Å². The molecule has 0 radical (unpaired) electrons. The van der Waals surface area contributed by atoms with Gasteiger partial charge in [0.25, 0.3) is 0 Å². The van der Waals surface area contributed by atoms with Gasteiger partial charge in [-0.25, -0.2) is 13.6 Å². The first kappa shape index (κ1) is 15.6. The van der Waals surface area contributed by atoms with E-state index in [9.17, 15) is 13.2 Å². The van der Waals surface area contributed by atoms with Gasteiger partial charge in [0.1, 0.15) is 4.90 Å². The molecule has 0 bridgehead atoms. The van der Waals surface area contributed by atoms with Crippen LogP contribution in [0.2, 0.25) is 0 Å². The summed E-state index contributed by atoms with van der Waals surface area (Å²) < 4.78 is 22.8. The van der Waals surface area contributed by atoms with Gasteiger partial charge in [0.05, 0.1) is 5.69 Å². The van der Waals surface area contributed by atoms with Gasteiger partial charge in [-0.05, 0) is 31.5 Å². The standard InChI is InChI=1S/C12H19N3O3S/c1-9(5-4-8-13)12(16)15-10-6-2-3-7-11(10)19(14,17)18/h2-3,6-7,9H,4-5,8,13H2,1H3,(H,15,16)(H2,14,17,18). The number of carbonyl (C=O) groups is 1. The first-order valence-electron chi connectivity index (χ1n) is 5.99. The number of nitrogens with two attached hydrogens (primary N) is 2. The molecule has 7 heteroatoms. The summed E-state index contributed by atoms with van der Waals surface area (Å²) in [4.78, 5) is 11.8. The van der Waals surface area contributed by atoms with Crippen molar-refractivity contribution in [2.45, 2.75) is 24.7 Å². The second-order valence-electron chi connectivity index (χ2n) is 4.36. The summed E-state index contributed by atoms with van der Waals surface area (Å²) in [6, 6.07) is 6.05. The Hall–Kier alpha value is -1.44. The maximum absolute atomic E-state index is 11.9. The molecule has 0 spiro atoms. The molecular formula is C12H19N3O3S. The summed E-state index contributed by atoms with van der Waals surface area (Å²) in [7, 11) is -3.86. The molecule has 0 aromatic heterocycles. The second kappa shape index (κ2) is 6.65. The van der Waals surface area contributed by atoms with Gasteiger partial charge >= 0.3 is 0 Å². The molecule has 0 aliphatic carbocycles. The lowest BCUT2D eigenvalue weighted by Crippen LogP contribution is -2.23. The smallest absolute Gasteiger partial charge is 0.240 e. The fourth-order valence-corrected chi connectivity index (χ4v) is 2.32. The molecular weight excluding hydrogens is 266 g/mol. The van der Waals surface area contributed by atoms with Crippen molar-refractivity contribution in [3.63, 3.8) is 0 Å². The van der Waals surface area contributed by atoms with Gasteiger partial charge in [-0.1, -0.05) is 19.1 Å². The monoisotopic (exact) mass is 285 g/mol. The van der Waals surface area contributed by atoms with Crippen LogP contribution in [0.4, 0.5) is 5.69 Å². The predicted molar refractivity (Wildman–Crippen MR) is 73.9 cm³/mol. The number of hydrogen-bond acceptors (Lipinski definition) is 4. The maximum atomic E-state index is 11.9. The van der Waals surface area contributed by atoms with Crippen LogP contribution in [0, 0.1) is 5.92 Å². The normalized spacial score (nSPS) is 13.0. The second-order valence-corrected chi connectivity index (χ2v) is 5.89. The van der Waals surface area contributed by atoms with Crippen LogP contribution in [-0.4, -0.2) is 20.9 Å². The first-order valence-corrected chi connectivity index (χ1v) is 7.53. The van der Waals surface area contributed by atoms with Crippen molar-refractivity contribution in [3.8, 4) is 0 Å². The van der Waals surface area contributed by atoms with Gasteiger partial charge in [0.15, 0.2) is 0 Å². The Balaban J connectivity index is 2.86. The summed E-state index contributed by atoms with van der Waals surface area (Å²) in [5.41, 5.74) is 5.59. The predicted octanol–water partition coefficient (Wildman–Crippen LogP) is 0.647. The van der Waals surface area contributed by atoms with E-state index in [0.717, 1.165) is 6.42 Å². The van der Waals surface area contributed by atoms with Gasteiger partial charge < -0.3 is 11.1 Å². The molecule has 0 heterocycles. The zero-order chi connectivity index (χ0) is 14.5. The van der Waals surface area contributed by atoms with Crippen LogP contribution in [0.25, 0.3) is 0 Å². The maximum Gasteiger partial charge on any atom is 0.240 e. The molecule has 0 aliphatic heterocycles. The number of nitrogens with one attached hydrogen (secondary N) is 1. The molecule has 6 nitrogen and oxygen atoms in total. The summed E-state index contributed by atoms with van der Waals surface area (Å²) in [5.74, 6) is -0.485. The fraction of sp³-hybridized carbons (Fsp3) is 0.417. The lowest BCUT2D eigenvalue weighted by atomic mass is 10.0. The summed E-state index contributed by atoms with van der Waals surface area (Å²) in [5, 5.41) is 7.68. The van der Waals surface area contributed by atoms with Gasteiger partial charge in [0, 0.05) is 5.92 Å². The van der Waals surface area contributed by atoms with Crippen molar-refractivity contribution in [1.82, 2.24) is 0 Å². The minimum atomic E-state index is -3.86. The Kier molecular flexibility index (Phi) is 5.46. The van der Waals surface area contributed by atoms with Gasteiger partial charge in [-0.15, -0.1) is 0 Å². The van der Waals surface area contributed by atoms with Crippen LogP contribution in [0.3, 0.4) is 0 Å². The highest BCUT2D eigenvalue weighted by Crippen LogP contribution is 2.20. The third-order valence-corrected chi connectivity index (χ3v) is 3.71. The van der Waals surface area contributed by atoms with Crippen LogP contribution in [-0.2, 0) is 14.8 Å². The van der Waals surface area contributed by atoms with Crippen LogP contribution in [0.1, 0.15) is 19.8 Å². The average Bonchev–Trinajstić information content (AvgIpc) is 2.35. The lowest BCUT2D eigenvalue weighted by Gasteiger charge is -2.13. The van der Waals surface area contributed by atoms with Crippen LogP contribution >= 0.6 is 0 Å². The highest BCUT2D eigenvalue weighted by Gasteiger charge is 2.17. The number of hydrogen-bond donors (Lipinski definition) is 3. The van der Waals surface area contributed by atoms with E-state index in [0.29, 0.717) is 13.0 Å². The molecule has 106 valence electrons. The van der Waals surface area contributed by atoms with E-state index in [1.54, 1.807) is 19.1 Å². The molecule has 1 aromatic carbocycles. The SMILES string of the molecule is CC(CCCN)C(=O)Nc1ccccc1S(N)(=O)=O. The van der Waals surface area contributed by atoms with E-state index in [2.05, 4.69) is 5.32 Å². The van der Waals surface area contributed by atoms with Crippen molar-refractivity contribution in [2.75, 3.05) is 11.9 Å². The lowest BCUT2D eigenvalue weighted by molar-refractivity contribution is -0.119. The number of anilines is 1. The molecule has 5 N–H and O–H groups in total. The highest BCUT2D eigenvalue weighted by molar-refractivity contribution is 7.89. The van der Waals surface area contributed by atoms with Crippen LogP contribution in [0.5, 0.6) is 0 Å². The molecule has 1 rings (SSSR count). The van der Waals surface area contributed by atoms with E-state index in [1.165, 1.54) is 12.1 Å². The van der Waals surface area contributed by atoms with Crippen LogP contribution < -0.4 is 16.2 Å². The Bertz CT molecular complexity index is 543. The fourth-order valence-electron chi connectivity index (χ4n) is 1.63. The molecule has 1 atom stereocenters. The molecule has 1 amide bonds. The van der Waals surface area contributed by atoms with Crippen molar-refractivity contribution in [2.24, 2.45) is 16.8 Å². The number of rotatable bonds is 6. The quantitative estimate of drug-likeness (QED) is 0.711. The van der Waals surface area contributed by atoms with Gasteiger partial charge in [-0.2, -0.15) is 0 Å². The van der Waals surface area contributed by atoms with E-state index in [4.69, 9.17) is 10.9 Å². The van der Waals surface area contributed by atoms with E-state index < -0.39 is 10.0 Å². The van der Waals surface area contributed by atoms with Crippen molar-refractivity contribution in [1.29, 1.82) is 0 Å². The Labute approximate surface area is 113 Å². The molecule has 0 saturated carbocycles. The minimum absolute atomic E-state index is 0.0885. The summed E-state index contributed by atoms with van der Waals surface area (Å²) in [6.45, 7) is 2.29. The molecule has 0 aliphatic rings. The zero-order valence-corrected chi connectivity index (χ0v) is 11.6. The average molecular weight is 285 g/mol. The summed E-state index contributed by atoms with van der Waals surface area (Å²) in [6.07, 6.45) is 1.39. The molecule has 0 fully saturated rings. The third-order valence-electron chi connectivity index (χ3n) is 2.74. The molecule has 19 heavy (non-hydrogen) atoms. The Morgan fingerprint density at radius 3 is 2.58 bits per heavy atom. The van der Waals surface area contributed by atoms with E-state index in [-0.39, 0.29) is 22.4 Å². The van der Waals surface area contributed by atoms with E-state index >= 15 is 0 Å². The van der Waals surface area contributed by atoms with Crippen molar-refractivity contribution in [3.05, 3.63) is 24.3 Å². The third kappa shape index (κ3) is 4.62. The molecule has 0 saturated heterocycles. The topological polar surface area (TPSA) is 115 Å². The Morgan fingerprint density at radius 1 is 1.37 bits per heavy atom. The number of amides is 1. The number of para-hydroxylation sites is 1. The summed E-state index contributed by atoms with van der Waals surface area (Å²) >= 11 is 0. The minimum Gasteiger partial charge on any atom is -0.330 e. The number of sulfonamides is 1. The number of primary sulfonamides is 1. The Morgan fingerprint density at radius 2 is 2.00 bits per heavy atom. The molecule has 1 unspecified atom stereocenters. The number of carbonyl (C=O) groups excluding carboxylic acids is 1. The largest absolute Gasteiger partial charge is 0.330 e. The first-order chi connectivity index (χ1) is 8.86. The van der Waals surface area contributed by atoms with Crippen molar-refractivity contribution < 1.29 is 13.2 Å². The molecule has 1 aromatic rings.